The molecule has 3 aromatic rings. The molecule has 2 N–H and O–H groups in total. The summed E-state index contributed by atoms with van der Waals surface area (Å²) in [7, 11) is 0. The number of aryl methyl sites for hydroxylation is 1. The summed E-state index contributed by atoms with van der Waals surface area (Å²) in [6, 6.07) is 25.0. The zero-order valence-corrected chi connectivity index (χ0v) is 16.6. The molecule has 0 saturated carbocycles. The molecule has 3 aromatic carbocycles. The molecule has 3 rings (SSSR count). The summed E-state index contributed by atoms with van der Waals surface area (Å²) in [5.41, 5.74) is 3.59. The fraction of sp³-hybridized carbons (Fsp3) is 0.130. The molecule has 5 heteroatoms. The molecule has 0 aliphatic rings. The van der Waals surface area contributed by atoms with Crippen molar-refractivity contribution >= 4 is 35.0 Å². The van der Waals surface area contributed by atoms with E-state index in [1.54, 1.807) is 0 Å². The van der Waals surface area contributed by atoms with Crippen LogP contribution in [0.5, 0.6) is 0 Å². The smallest absolute Gasteiger partial charge is 0.242 e. The van der Waals surface area contributed by atoms with E-state index in [9.17, 15) is 9.59 Å². The van der Waals surface area contributed by atoms with Crippen LogP contribution in [0, 0.1) is 6.92 Å². The third-order valence-corrected chi connectivity index (χ3v) is 5.35. The van der Waals surface area contributed by atoms with Crippen molar-refractivity contribution in [2.24, 2.45) is 0 Å². The maximum absolute atomic E-state index is 13.0. The molecule has 0 spiro atoms. The van der Waals surface area contributed by atoms with Crippen molar-refractivity contribution in [3.63, 3.8) is 0 Å². The Labute approximate surface area is 169 Å². The number of thioether (sulfide) groups is 1. The van der Waals surface area contributed by atoms with Crippen LogP contribution in [0.4, 0.5) is 11.4 Å². The van der Waals surface area contributed by atoms with Gasteiger partial charge in [0.2, 0.25) is 11.8 Å². The van der Waals surface area contributed by atoms with Crippen molar-refractivity contribution in [1.82, 2.24) is 0 Å². The lowest BCUT2D eigenvalue weighted by molar-refractivity contribution is -0.116. The van der Waals surface area contributed by atoms with Crippen LogP contribution in [0.3, 0.4) is 0 Å². The summed E-state index contributed by atoms with van der Waals surface area (Å²) in [5.74, 6) is -0.189. The van der Waals surface area contributed by atoms with Crippen LogP contribution < -0.4 is 10.6 Å². The van der Waals surface area contributed by atoms with E-state index in [4.69, 9.17) is 0 Å². The predicted molar refractivity (Wildman–Crippen MR) is 116 cm³/mol. The number of amides is 2. The van der Waals surface area contributed by atoms with Gasteiger partial charge in [-0.25, -0.2) is 0 Å². The largest absolute Gasteiger partial charge is 0.326 e. The van der Waals surface area contributed by atoms with Gasteiger partial charge in [-0.15, -0.1) is 11.8 Å². The molecule has 4 nitrogen and oxygen atoms in total. The average molecular weight is 391 g/mol. The van der Waals surface area contributed by atoms with Gasteiger partial charge in [0.25, 0.3) is 0 Å². The second kappa shape index (κ2) is 9.24. The Balaban J connectivity index is 1.80. The van der Waals surface area contributed by atoms with Crippen LogP contribution in [-0.4, -0.2) is 11.8 Å². The van der Waals surface area contributed by atoms with Gasteiger partial charge in [0.05, 0.1) is 0 Å². The van der Waals surface area contributed by atoms with Gasteiger partial charge in [-0.3, -0.25) is 9.59 Å². The second-order valence-corrected chi connectivity index (χ2v) is 7.65. The van der Waals surface area contributed by atoms with Crippen LogP contribution >= 0.6 is 11.8 Å². The van der Waals surface area contributed by atoms with Gasteiger partial charge in [-0.1, -0.05) is 48.0 Å². The Kier molecular flexibility index (Phi) is 6.50. The summed E-state index contributed by atoms with van der Waals surface area (Å²) >= 11 is 1.48. The zero-order valence-electron chi connectivity index (χ0n) is 15.8. The minimum Gasteiger partial charge on any atom is -0.326 e. The Morgan fingerprint density at radius 2 is 1.36 bits per heavy atom. The van der Waals surface area contributed by atoms with Crippen LogP contribution in [0.25, 0.3) is 0 Å². The maximum Gasteiger partial charge on any atom is 0.242 e. The molecule has 142 valence electrons. The molecular formula is C23H22N2O2S. The molecule has 0 unspecified atom stereocenters. The highest BCUT2D eigenvalue weighted by Crippen LogP contribution is 2.36. The lowest BCUT2D eigenvalue weighted by atomic mass is 10.1. The van der Waals surface area contributed by atoms with Gasteiger partial charge >= 0.3 is 0 Å². The fourth-order valence-electron chi connectivity index (χ4n) is 2.70. The lowest BCUT2D eigenvalue weighted by Gasteiger charge is -2.17. The number of nitrogens with one attached hydrogen (secondary N) is 2. The quantitative estimate of drug-likeness (QED) is 0.552. The van der Waals surface area contributed by atoms with Crippen molar-refractivity contribution in [2.45, 2.75) is 24.0 Å². The molecule has 0 saturated heterocycles. The highest BCUT2D eigenvalue weighted by molar-refractivity contribution is 8.00. The van der Waals surface area contributed by atoms with Crippen molar-refractivity contribution in [2.75, 3.05) is 10.6 Å². The molecule has 0 aromatic heterocycles. The number of hydrogen-bond acceptors (Lipinski definition) is 3. The highest BCUT2D eigenvalue weighted by atomic mass is 32.2. The predicted octanol–water partition coefficient (Wildman–Crippen LogP) is 5.43. The Morgan fingerprint density at radius 3 is 1.96 bits per heavy atom. The Hall–Kier alpha value is -3.05. The summed E-state index contributed by atoms with van der Waals surface area (Å²) in [5, 5.41) is 5.36. The van der Waals surface area contributed by atoms with Gasteiger partial charge in [0.15, 0.2) is 0 Å². The van der Waals surface area contributed by atoms with Crippen LogP contribution in [0.15, 0.2) is 83.8 Å². The van der Waals surface area contributed by atoms with E-state index in [-0.39, 0.29) is 11.8 Å². The van der Waals surface area contributed by atoms with Crippen molar-refractivity contribution < 1.29 is 9.59 Å². The summed E-state index contributed by atoms with van der Waals surface area (Å²) in [6.45, 7) is 3.49. The van der Waals surface area contributed by atoms with E-state index in [1.165, 1.54) is 18.7 Å². The third-order valence-electron chi connectivity index (χ3n) is 4.09. The van der Waals surface area contributed by atoms with E-state index in [1.807, 2.05) is 85.8 Å². The summed E-state index contributed by atoms with van der Waals surface area (Å²) in [6.07, 6.45) is 0. The molecule has 28 heavy (non-hydrogen) atoms. The average Bonchev–Trinajstić information content (AvgIpc) is 2.69. The third kappa shape index (κ3) is 5.47. The molecule has 2 amide bonds. The van der Waals surface area contributed by atoms with Crippen molar-refractivity contribution in [1.29, 1.82) is 0 Å². The SMILES string of the molecule is CC(=O)Nc1ccc(S[C@H](C(=O)Nc2ccc(C)cc2)c2ccccc2)cc1. The zero-order chi connectivity index (χ0) is 19.9. The minimum absolute atomic E-state index is 0.0778. The maximum atomic E-state index is 13.0. The van der Waals surface area contributed by atoms with Gasteiger partial charge in [-0.2, -0.15) is 0 Å². The van der Waals surface area contributed by atoms with Crippen LogP contribution in [0.1, 0.15) is 23.3 Å². The van der Waals surface area contributed by atoms with E-state index in [0.29, 0.717) is 0 Å². The lowest BCUT2D eigenvalue weighted by Crippen LogP contribution is -2.19. The number of carbonyl (C=O) groups is 2. The first-order valence-electron chi connectivity index (χ1n) is 8.98. The molecule has 0 aliphatic carbocycles. The van der Waals surface area contributed by atoms with Crippen molar-refractivity contribution in [3.8, 4) is 0 Å². The Bertz CT molecular complexity index is 939. The molecular weight excluding hydrogens is 368 g/mol. The monoisotopic (exact) mass is 390 g/mol. The number of hydrogen-bond donors (Lipinski definition) is 2. The minimum atomic E-state index is -0.394. The van der Waals surface area contributed by atoms with Gasteiger partial charge in [-0.05, 0) is 48.9 Å². The molecule has 0 bridgehead atoms. The van der Waals surface area contributed by atoms with E-state index >= 15 is 0 Å². The molecule has 0 aliphatic heterocycles. The van der Waals surface area contributed by atoms with Crippen molar-refractivity contribution in [3.05, 3.63) is 90.0 Å². The first kappa shape index (κ1) is 19.7. The van der Waals surface area contributed by atoms with Gasteiger partial charge < -0.3 is 10.6 Å². The van der Waals surface area contributed by atoms with E-state index in [0.717, 1.165) is 27.4 Å². The molecule has 0 heterocycles. The fourth-order valence-corrected chi connectivity index (χ4v) is 3.73. The van der Waals surface area contributed by atoms with E-state index in [2.05, 4.69) is 10.6 Å². The summed E-state index contributed by atoms with van der Waals surface area (Å²) in [4.78, 5) is 25.1. The first-order chi connectivity index (χ1) is 13.5. The first-order valence-corrected chi connectivity index (χ1v) is 9.86. The molecule has 0 fully saturated rings. The molecule has 0 radical (unpaired) electrons. The Morgan fingerprint density at radius 1 is 0.786 bits per heavy atom. The number of anilines is 2. The normalized spacial score (nSPS) is 11.5. The summed E-state index contributed by atoms with van der Waals surface area (Å²) < 4.78 is 0. The molecule has 1 atom stereocenters. The topological polar surface area (TPSA) is 58.2 Å². The highest BCUT2D eigenvalue weighted by Gasteiger charge is 2.22. The number of benzene rings is 3. The second-order valence-electron chi connectivity index (χ2n) is 6.47. The van der Waals surface area contributed by atoms with Crippen LogP contribution in [0.2, 0.25) is 0 Å². The van der Waals surface area contributed by atoms with Gasteiger partial charge in [0, 0.05) is 23.2 Å². The standard InChI is InChI=1S/C23H22N2O2S/c1-16-8-10-20(11-9-16)25-23(27)22(18-6-4-3-5-7-18)28-21-14-12-19(13-15-21)24-17(2)26/h3-15,22H,1-2H3,(H,24,26)(H,25,27)/t22-/m0/s1. The number of carbonyl (C=O) groups excluding carboxylic acids is 2. The van der Waals surface area contributed by atoms with Crippen LogP contribution in [-0.2, 0) is 9.59 Å². The van der Waals surface area contributed by atoms with E-state index < -0.39 is 5.25 Å². The number of rotatable bonds is 6. The van der Waals surface area contributed by atoms with Gasteiger partial charge in [0.1, 0.15) is 5.25 Å².